The van der Waals surface area contributed by atoms with E-state index in [0.29, 0.717) is 36.0 Å². The van der Waals surface area contributed by atoms with Gasteiger partial charge in [0.15, 0.2) is 0 Å². The van der Waals surface area contributed by atoms with Gasteiger partial charge >= 0.3 is 5.97 Å². The van der Waals surface area contributed by atoms with Gasteiger partial charge in [-0.2, -0.15) is 4.31 Å². The van der Waals surface area contributed by atoms with Crippen molar-refractivity contribution >= 4 is 27.3 Å². The van der Waals surface area contributed by atoms with Crippen LogP contribution in [0.25, 0.3) is 0 Å². The molecule has 1 N–H and O–H groups in total. The molecule has 2 aromatic rings. The molecule has 1 fully saturated rings. The third-order valence-electron chi connectivity index (χ3n) is 4.55. The summed E-state index contributed by atoms with van der Waals surface area (Å²) in [6.45, 7) is 4.93. The predicted molar refractivity (Wildman–Crippen MR) is 101 cm³/mol. The van der Waals surface area contributed by atoms with Crippen LogP contribution in [0.2, 0.25) is 0 Å². The molecule has 0 spiro atoms. The molecule has 1 saturated heterocycles. The van der Waals surface area contributed by atoms with Crippen molar-refractivity contribution in [2.45, 2.75) is 24.8 Å². The fourth-order valence-electron chi connectivity index (χ4n) is 3.11. The fraction of sp³-hybridized carbons (Fsp3) is 0.389. The smallest absolute Gasteiger partial charge is 0.345 e. The van der Waals surface area contributed by atoms with Gasteiger partial charge < -0.3 is 5.11 Å². The summed E-state index contributed by atoms with van der Waals surface area (Å²) in [6, 6.07) is 10.2. The first-order chi connectivity index (χ1) is 12.4. The third-order valence-corrected chi connectivity index (χ3v) is 7.55. The molecule has 3 rings (SSSR count). The lowest BCUT2D eigenvalue weighted by atomic mass is 10.2. The zero-order valence-corrected chi connectivity index (χ0v) is 16.2. The van der Waals surface area contributed by atoms with E-state index in [1.54, 1.807) is 40.7 Å². The Morgan fingerprint density at radius 3 is 2.54 bits per heavy atom. The average Bonchev–Trinajstić information content (AvgIpc) is 2.83. The summed E-state index contributed by atoms with van der Waals surface area (Å²) in [5, 5.41) is 9.13. The first-order valence-electron chi connectivity index (χ1n) is 8.48. The van der Waals surface area contributed by atoms with Gasteiger partial charge in [0, 0.05) is 31.1 Å². The van der Waals surface area contributed by atoms with E-state index in [0.717, 1.165) is 23.4 Å². The van der Waals surface area contributed by atoms with Gasteiger partial charge in [-0.15, -0.1) is 11.3 Å². The lowest BCUT2D eigenvalue weighted by molar-refractivity contribution is 0.0702. The maximum absolute atomic E-state index is 12.8. The number of hydrogen-bond acceptors (Lipinski definition) is 5. The molecule has 0 atom stereocenters. The van der Waals surface area contributed by atoms with Crippen LogP contribution in [0.3, 0.4) is 0 Å². The van der Waals surface area contributed by atoms with Crippen LogP contribution in [0.4, 0.5) is 0 Å². The fourth-order valence-corrected chi connectivity index (χ4v) is 5.47. The Morgan fingerprint density at radius 2 is 1.88 bits per heavy atom. The van der Waals surface area contributed by atoms with Crippen LogP contribution in [0, 0.1) is 6.92 Å². The zero-order valence-electron chi connectivity index (χ0n) is 14.6. The standard InChI is InChI=1S/C18H22N2O4S2/c1-14-15(12-17(25-14)18(21)22)13-19-8-5-9-20(11-10-19)26(23,24)16-6-3-2-4-7-16/h2-4,6-7,12H,5,8-11,13H2,1H3,(H,21,22). The van der Waals surface area contributed by atoms with Crippen LogP contribution in [-0.2, 0) is 16.6 Å². The number of nitrogens with zero attached hydrogens (tertiary/aromatic N) is 2. The monoisotopic (exact) mass is 394 g/mol. The molecule has 0 aliphatic carbocycles. The van der Waals surface area contributed by atoms with Crippen molar-refractivity contribution in [2.24, 2.45) is 0 Å². The normalized spacial score (nSPS) is 17.1. The molecule has 26 heavy (non-hydrogen) atoms. The van der Waals surface area contributed by atoms with Gasteiger partial charge in [0.2, 0.25) is 10.0 Å². The van der Waals surface area contributed by atoms with Crippen LogP contribution in [0.1, 0.15) is 26.5 Å². The van der Waals surface area contributed by atoms with Gasteiger partial charge in [-0.1, -0.05) is 18.2 Å². The molecule has 0 amide bonds. The molecular formula is C18H22N2O4S2. The van der Waals surface area contributed by atoms with E-state index in [-0.39, 0.29) is 0 Å². The lowest BCUT2D eigenvalue weighted by Crippen LogP contribution is -2.35. The van der Waals surface area contributed by atoms with Gasteiger partial charge in [-0.3, -0.25) is 4.90 Å². The Balaban J connectivity index is 1.68. The molecule has 0 radical (unpaired) electrons. The van der Waals surface area contributed by atoms with Gasteiger partial charge in [0.25, 0.3) is 0 Å². The van der Waals surface area contributed by atoms with E-state index in [4.69, 9.17) is 5.11 Å². The first kappa shape index (κ1) is 19.0. The SMILES string of the molecule is Cc1sc(C(=O)O)cc1CN1CCCN(S(=O)(=O)c2ccccc2)CC1. The second-order valence-electron chi connectivity index (χ2n) is 6.34. The molecule has 1 aliphatic rings. The minimum Gasteiger partial charge on any atom is -0.477 e. The number of carbonyl (C=O) groups is 1. The summed E-state index contributed by atoms with van der Waals surface area (Å²) in [6.07, 6.45) is 0.751. The quantitative estimate of drug-likeness (QED) is 0.844. The molecule has 6 nitrogen and oxygen atoms in total. The molecule has 8 heteroatoms. The van der Waals surface area contributed by atoms with Gasteiger partial charge in [-0.25, -0.2) is 13.2 Å². The van der Waals surface area contributed by atoms with Gasteiger partial charge in [0.05, 0.1) is 4.90 Å². The highest BCUT2D eigenvalue weighted by Crippen LogP contribution is 2.24. The number of aryl methyl sites for hydroxylation is 1. The summed E-state index contributed by atoms with van der Waals surface area (Å²) in [7, 11) is -3.47. The zero-order chi connectivity index (χ0) is 18.7. The van der Waals surface area contributed by atoms with Crippen molar-refractivity contribution in [1.29, 1.82) is 0 Å². The molecule has 2 heterocycles. The van der Waals surface area contributed by atoms with Crippen LogP contribution >= 0.6 is 11.3 Å². The molecule has 1 aromatic heterocycles. The van der Waals surface area contributed by atoms with Crippen LogP contribution < -0.4 is 0 Å². The van der Waals surface area contributed by atoms with Crippen molar-refractivity contribution in [2.75, 3.05) is 26.2 Å². The Kier molecular flexibility index (Phi) is 5.76. The molecule has 0 unspecified atom stereocenters. The van der Waals surface area contributed by atoms with E-state index in [1.807, 2.05) is 6.92 Å². The first-order valence-corrected chi connectivity index (χ1v) is 10.7. The summed E-state index contributed by atoms with van der Waals surface area (Å²) < 4.78 is 27.1. The van der Waals surface area contributed by atoms with E-state index in [9.17, 15) is 13.2 Å². The molecule has 140 valence electrons. The number of benzene rings is 1. The average molecular weight is 395 g/mol. The number of thiophene rings is 1. The Hall–Kier alpha value is -1.74. The molecule has 0 bridgehead atoms. The number of carboxylic acids is 1. The topological polar surface area (TPSA) is 77.9 Å². The molecule has 0 saturated carbocycles. The highest BCUT2D eigenvalue weighted by atomic mass is 32.2. The minimum absolute atomic E-state index is 0.327. The van der Waals surface area contributed by atoms with Crippen molar-refractivity contribution in [3.8, 4) is 0 Å². The van der Waals surface area contributed by atoms with Gasteiger partial charge in [-0.05, 0) is 43.7 Å². The van der Waals surface area contributed by atoms with E-state index < -0.39 is 16.0 Å². The third kappa shape index (κ3) is 4.15. The number of carboxylic acid groups (broad SMARTS) is 1. The Bertz CT molecular complexity index is 878. The van der Waals surface area contributed by atoms with E-state index in [2.05, 4.69) is 4.90 Å². The number of aromatic carboxylic acids is 1. The lowest BCUT2D eigenvalue weighted by Gasteiger charge is -2.21. The highest BCUT2D eigenvalue weighted by Gasteiger charge is 2.27. The molecular weight excluding hydrogens is 372 g/mol. The summed E-state index contributed by atoms with van der Waals surface area (Å²) in [4.78, 5) is 15.0. The van der Waals surface area contributed by atoms with Crippen molar-refractivity contribution in [3.63, 3.8) is 0 Å². The Labute approximate surface area is 157 Å². The highest BCUT2D eigenvalue weighted by molar-refractivity contribution is 7.89. The largest absolute Gasteiger partial charge is 0.477 e. The van der Waals surface area contributed by atoms with Crippen molar-refractivity contribution < 1.29 is 18.3 Å². The number of sulfonamides is 1. The Morgan fingerprint density at radius 1 is 1.15 bits per heavy atom. The number of hydrogen-bond donors (Lipinski definition) is 1. The summed E-state index contributed by atoms with van der Waals surface area (Å²) in [5.74, 6) is -0.902. The predicted octanol–water partition coefficient (Wildman–Crippen LogP) is 2.65. The minimum atomic E-state index is -3.47. The van der Waals surface area contributed by atoms with Crippen LogP contribution in [-0.4, -0.2) is 54.9 Å². The second kappa shape index (κ2) is 7.87. The molecule has 1 aromatic carbocycles. The van der Waals surface area contributed by atoms with E-state index in [1.165, 1.54) is 11.3 Å². The van der Waals surface area contributed by atoms with Crippen molar-refractivity contribution in [3.05, 3.63) is 51.7 Å². The second-order valence-corrected chi connectivity index (χ2v) is 9.54. The summed E-state index contributed by atoms with van der Waals surface area (Å²) >= 11 is 1.29. The maximum Gasteiger partial charge on any atom is 0.345 e. The molecule has 1 aliphatic heterocycles. The summed E-state index contributed by atoms with van der Waals surface area (Å²) in [5.41, 5.74) is 1.01. The number of rotatable bonds is 5. The van der Waals surface area contributed by atoms with Crippen LogP contribution in [0.5, 0.6) is 0 Å². The van der Waals surface area contributed by atoms with E-state index >= 15 is 0 Å². The van der Waals surface area contributed by atoms with Crippen LogP contribution in [0.15, 0.2) is 41.3 Å². The van der Waals surface area contributed by atoms with Gasteiger partial charge in [0.1, 0.15) is 4.88 Å². The van der Waals surface area contributed by atoms with Crippen molar-refractivity contribution in [1.82, 2.24) is 9.21 Å². The maximum atomic E-state index is 12.8.